The Morgan fingerprint density at radius 2 is 1.58 bits per heavy atom. The van der Waals surface area contributed by atoms with Crippen LogP contribution in [0.3, 0.4) is 0 Å². The lowest BCUT2D eigenvalue weighted by molar-refractivity contribution is -0.151. The molecule has 0 bridgehead atoms. The number of carbonyl (C=O) groups excluding carboxylic acids is 3. The lowest BCUT2D eigenvalue weighted by Gasteiger charge is -2.30. The first-order valence-corrected chi connectivity index (χ1v) is 14.5. The Labute approximate surface area is 259 Å². The van der Waals surface area contributed by atoms with Gasteiger partial charge in [0.15, 0.2) is 5.82 Å². The van der Waals surface area contributed by atoms with Gasteiger partial charge in [-0.1, -0.05) is 92.2 Å². The number of hydroxylamine groups is 1. The number of amides is 3. The van der Waals surface area contributed by atoms with Crippen molar-refractivity contribution in [3.8, 4) is 22.5 Å². The number of aromatic amines is 1. The number of nitrogens with one attached hydrogen (secondary N) is 3. The van der Waals surface area contributed by atoms with E-state index in [1.807, 2.05) is 55.5 Å². The van der Waals surface area contributed by atoms with Crippen molar-refractivity contribution in [3.05, 3.63) is 90.0 Å². The van der Waals surface area contributed by atoms with Gasteiger partial charge < -0.3 is 15.3 Å². The van der Waals surface area contributed by atoms with Crippen LogP contribution in [0.1, 0.15) is 37.3 Å². The normalized spacial score (nSPS) is 12.1. The van der Waals surface area contributed by atoms with Crippen LogP contribution in [0, 0.1) is 5.92 Å². The number of carbonyl (C=O) groups is 4. The number of rotatable bonds is 15. The molecule has 45 heavy (non-hydrogen) atoms. The molecule has 13 nitrogen and oxygen atoms in total. The smallest absolute Gasteiger partial charge is 0.328 e. The molecule has 2 unspecified atom stereocenters. The van der Waals surface area contributed by atoms with Crippen molar-refractivity contribution in [2.75, 3.05) is 6.54 Å². The van der Waals surface area contributed by atoms with Gasteiger partial charge in [-0.2, -0.15) is 0 Å². The summed E-state index contributed by atoms with van der Waals surface area (Å²) in [4.78, 5) is 52.5. The predicted molar refractivity (Wildman–Crippen MR) is 163 cm³/mol. The molecular formula is C32H35N7O6. The summed E-state index contributed by atoms with van der Waals surface area (Å²) >= 11 is 0. The molecule has 2 atom stereocenters. The van der Waals surface area contributed by atoms with Crippen LogP contribution in [-0.2, 0) is 32.1 Å². The van der Waals surface area contributed by atoms with Crippen LogP contribution >= 0.6 is 0 Å². The number of benzene rings is 3. The zero-order valence-electron chi connectivity index (χ0n) is 24.7. The second-order valence-electron chi connectivity index (χ2n) is 10.4. The number of carboxylic acid groups (broad SMARTS) is 1. The molecule has 4 aromatic rings. The maximum Gasteiger partial charge on any atom is 0.328 e. The van der Waals surface area contributed by atoms with Crippen molar-refractivity contribution < 1.29 is 29.5 Å². The fraction of sp³-hybridized carbons (Fsp3) is 0.281. The number of hydrogen-bond acceptors (Lipinski definition) is 8. The van der Waals surface area contributed by atoms with Gasteiger partial charge in [-0.05, 0) is 45.5 Å². The van der Waals surface area contributed by atoms with Gasteiger partial charge in [0.2, 0.25) is 11.8 Å². The highest BCUT2D eigenvalue weighted by molar-refractivity contribution is 6.00. The van der Waals surface area contributed by atoms with E-state index < -0.39 is 36.3 Å². The second kappa shape index (κ2) is 15.9. The first-order valence-electron chi connectivity index (χ1n) is 14.5. The number of aromatic nitrogens is 4. The van der Waals surface area contributed by atoms with E-state index in [-0.39, 0.29) is 25.3 Å². The van der Waals surface area contributed by atoms with Crippen LogP contribution < -0.4 is 10.8 Å². The Morgan fingerprint density at radius 3 is 2.20 bits per heavy atom. The van der Waals surface area contributed by atoms with Crippen LogP contribution in [0.4, 0.5) is 0 Å². The minimum Gasteiger partial charge on any atom is -0.480 e. The number of unbranched alkanes of at least 4 members (excludes halogenated alkanes) is 1. The Kier molecular flexibility index (Phi) is 11.5. The van der Waals surface area contributed by atoms with Gasteiger partial charge in [0, 0.05) is 25.1 Å². The maximum absolute atomic E-state index is 13.3. The fourth-order valence-corrected chi connectivity index (χ4v) is 4.93. The van der Waals surface area contributed by atoms with Crippen LogP contribution in [-0.4, -0.2) is 72.1 Å². The molecule has 0 radical (unpaired) electrons. The first kappa shape index (κ1) is 32.5. The first-order chi connectivity index (χ1) is 21.8. The van der Waals surface area contributed by atoms with E-state index in [9.17, 15) is 29.5 Å². The molecule has 5 N–H and O–H groups in total. The van der Waals surface area contributed by atoms with Gasteiger partial charge in [0.05, 0.1) is 0 Å². The Bertz CT molecular complexity index is 1580. The van der Waals surface area contributed by atoms with Crippen molar-refractivity contribution in [2.24, 2.45) is 5.92 Å². The lowest BCUT2D eigenvalue weighted by Crippen LogP contribution is -2.52. The van der Waals surface area contributed by atoms with Crippen LogP contribution in [0.25, 0.3) is 22.5 Å². The molecule has 234 valence electrons. The SMILES string of the molecule is CCCCC(=O)N(Cc1ccc(-c2ccccc2-c2nnn[nH]2)cc1)C(CNC(=O)C(Cc1ccccc1)C(=O)NO)C(=O)O. The molecule has 0 spiro atoms. The number of carboxylic acids is 1. The average molecular weight is 614 g/mol. The molecule has 13 heteroatoms. The summed E-state index contributed by atoms with van der Waals surface area (Å²) < 4.78 is 0. The highest BCUT2D eigenvalue weighted by Gasteiger charge is 2.32. The molecule has 0 aliphatic carbocycles. The van der Waals surface area contributed by atoms with Crippen LogP contribution in [0.2, 0.25) is 0 Å². The predicted octanol–water partition coefficient (Wildman–Crippen LogP) is 2.99. The number of nitrogens with zero attached hydrogens (tertiary/aromatic N) is 4. The molecule has 0 aliphatic heterocycles. The topological polar surface area (TPSA) is 190 Å². The number of tetrazole rings is 1. The van der Waals surface area contributed by atoms with Gasteiger partial charge in [-0.25, -0.2) is 15.4 Å². The number of H-pyrrole nitrogens is 1. The van der Waals surface area contributed by atoms with Crippen LogP contribution in [0.15, 0.2) is 78.9 Å². The Balaban J connectivity index is 1.53. The van der Waals surface area contributed by atoms with E-state index in [4.69, 9.17) is 0 Å². The van der Waals surface area contributed by atoms with E-state index in [0.717, 1.165) is 23.1 Å². The molecule has 3 aromatic carbocycles. The summed E-state index contributed by atoms with van der Waals surface area (Å²) in [6.07, 6.45) is 1.42. The molecule has 0 saturated heterocycles. The zero-order valence-corrected chi connectivity index (χ0v) is 24.7. The van der Waals surface area contributed by atoms with E-state index in [0.29, 0.717) is 23.4 Å². The Hall–Kier alpha value is -5.43. The molecule has 1 heterocycles. The fourth-order valence-electron chi connectivity index (χ4n) is 4.93. The van der Waals surface area contributed by atoms with Gasteiger partial charge in [0.25, 0.3) is 5.91 Å². The third kappa shape index (κ3) is 8.57. The van der Waals surface area contributed by atoms with E-state index in [1.165, 1.54) is 10.4 Å². The number of aliphatic carboxylic acids is 1. The molecule has 0 saturated carbocycles. The third-order valence-electron chi connectivity index (χ3n) is 7.37. The van der Waals surface area contributed by atoms with Gasteiger partial charge in [0.1, 0.15) is 12.0 Å². The zero-order chi connectivity index (χ0) is 32.2. The highest BCUT2D eigenvalue weighted by atomic mass is 16.5. The van der Waals surface area contributed by atoms with Gasteiger partial charge >= 0.3 is 5.97 Å². The molecule has 1 aromatic heterocycles. The van der Waals surface area contributed by atoms with Gasteiger partial charge in [-0.3, -0.25) is 19.6 Å². The van der Waals surface area contributed by atoms with E-state index in [2.05, 4.69) is 25.9 Å². The van der Waals surface area contributed by atoms with Gasteiger partial charge in [-0.15, -0.1) is 5.10 Å². The average Bonchev–Trinajstić information content (AvgIpc) is 3.61. The minimum atomic E-state index is -1.41. The quantitative estimate of drug-likeness (QED) is 0.0762. The van der Waals surface area contributed by atoms with Crippen LogP contribution in [0.5, 0.6) is 0 Å². The van der Waals surface area contributed by atoms with Crippen molar-refractivity contribution in [1.82, 2.24) is 36.3 Å². The summed E-state index contributed by atoms with van der Waals surface area (Å²) in [7, 11) is 0. The lowest BCUT2D eigenvalue weighted by atomic mass is 9.97. The van der Waals surface area contributed by atoms with E-state index >= 15 is 0 Å². The standard InChI is InChI=1S/C32H35N7O6/c1-2-3-13-28(40)39(20-22-14-16-23(17-15-22)24-11-7-8-12-25(24)29-34-37-38-35-29)27(32(43)44)19-33-30(41)26(31(42)36-45)18-21-9-5-4-6-10-21/h4-12,14-17,26-27,45H,2-3,13,18-20H2,1H3,(H,33,41)(H,36,42)(H,43,44)(H,34,35,37,38). The van der Waals surface area contributed by atoms with Crippen molar-refractivity contribution in [3.63, 3.8) is 0 Å². The monoisotopic (exact) mass is 613 g/mol. The third-order valence-corrected chi connectivity index (χ3v) is 7.37. The summed E-state index contributed by atoms with van der Waals surface area (Å²) in [5.74, 6) is -4.20. The van der Waals surface area contributed by atoms with E-state index in [1.54, 1.807) is 30.3 Å². The molecule has 3 amide bonds. The molecule has 4 rings (SSSR count). The summed E-state index contributed by atoms with van der Waals surface area (Å²) in [5.41, 5.74) is 5.41. The maximum atomic E-state index is 13.3. The molecule has 0 fully saturated rings. The summed E-state index contributed by atoms with van der Waals surface area (Å²) in [6.45, 7) is 1.47. The summed E-state index contributed by atoms with van der Waals surface area (Å²) in [5, 5.41) is 36.0. The number of hydrogen-bond donors (Lipinski definition) is 5. The summed E-state index contributed by atoms with van der Waals surface area (Å²) in [6, 6.07) is 22.3. The largest absolute Gasteiger partial charge is 0.480 e. The Morgan fingerprint density at radius 1 is 0.889 bits per heavy atom. The van der Waals surface area contributed by atoms with Crippen molar-refractivity contribution in [1.29, 1.82) is 0 Å². The van der Waals surface area contributed by atoms with Crippen molar-refractivity contribution in [2.45, 2.75) is 45.2 Å². The second-order valence-corrected chi connectivity index (χ2v) is 10.4. The highest BCUT2D eigenvalue weighted by Crippen LogP contribution is 2.30. The van der Waals surface area contributed by atoms with Crippen molar-refractivity contribution >= 4 is 23.7 Å². The molecule has 0 aliphatic rings. The minimum absolute atomic E-state index is 0.0155. The molecular weight excluding hydrogens is 578 g/mol.